The van der Waals surface area contributed by atoms with Gasteiger partial charge in [0, 0.05) is 18.8 Å². The summed E-state index contributed by atoms with van der Waals surface area (Å²) in [7, 11) is -4.07. The summed E-state index contributed by atoms with van der Waals surface area (Å²) >= 11 is 0. The largest absolute Gasteiger partial charge is 0.462 e. The fraction of sp³-hybridized carbons (Fsp3) is 0.846. The first kappa shape index (κ1) is 40.2. The summed E-state index contributed by atoms with van der Waals surface area (Å²) in [6, 6.07) is 0. The topological polar surface area (TPSA) is 71.1 Å². The molecular formula is C39H70O6Si2. The van der Waals surface area contributed by atoms with Crippen LogP contribution in [0.1, 0.15) is 127 Å². The summed E-state index contributed by atoms with van der Waals surface area (Å²) in [6.07, 6.45) is 13.1. The molecule has 6 nitrogen and oxygen atoms in total. The number of ether oxygens (including phenoxy) is 2. The van der Waals surface area contributed by atoms with Crippen molar-refractivity contribution in [2.24, 2.45) is 23.2 Å². The Balaban J connectivity index is 1.89. The molecule has 0 aromatic rings. The van der Waals surface area contributed by atoms with Gasteiger partial charge in [-0.15, -0.1) is 0 Å². The highest BCUT2D eigenvalue weighted by atomic mass is 28.4. The standard InChI is InChI=1S/C39H70O6Si2/c1-15-22-39(16-2,17-3)36(41)43-33-25-30(44-46(11,12)37(5,6)7)23-28-19-18-27(4)32(35(28)33)21-20-29-24-31(26-34(40)42-29)45-47(13,14)38(8,9)10/h18-19,23,27,29-33,35H,15-17,20-22,24-26H2,1-14H3/t27-,29+,30+,31+,32-,33-,35-/m0/s1. The average molecular weight is 691 g/mol. The molecule has 3 rings (SSSR count). The summed E-state index contributed by atoms with van der Waals surface area (Å²) < 4.78 is 26.3. The Kier molecular flexibility index (Phi) is 13.1. The van der Waals surface area contributed by atoms with Crippen molar-refractivity contribution >= 4 is 28.6 Å². The zero-order valence-corrected chi connectivity index (χ0v) is 34.6. The van der Waals surface area contributed by atoms with Crippen LogP contribution in [-0.2, 0) is 27.9 Å². The number of allylic oxidation sites excluding steroid dienone is 2. The van der Waals surface area contributed by atoms with Gasteiger partial charge in [0.05, 0.1) is 24.0 Å². The van der Waals surface area contributed by atoms with E-state index in [-0.39, 0.29) is 58.3 Å². The van der Waals surface area contributed by atoms with Crippen LogP contribution in [0, 0.1) is 23.2 Å². The van der Waals surface area contributed by atoms with Crippen LogP contribution in [0.5, 0.6) is 0 Å². The summed E-state index contributed by atoms with van der Waals surface area (Å²) in [5, 5.41) is 0.165. The summed E-state index contributed by atoms with van der Waals surface area (Å²) in [5.74, 6) is 0.470. The van der Waals surface area contributed by atoms with Crippen molar-refractivity contribution in [1.82, 2.24) is 0 Å². The number of hydrogen-bond acceptors (Lipinski definition) is 6. The lowest BCUT2D eigenvalue weighted by Gasteiger charge is -2.47. The Morgan fingerprint density at radius 1 is 0.915 bits per heavy atom. The summed E-state index contributed by atoms with van der Waals surface area (Å²) in [5.41, 5.74) is 0.780. The molecule has 2 aliphatic carbocycles. The lowest BCUT2D eigenvalue weighted by atomic mass is 9.66. The molecule has 0 aromatic carbocycles. The van der Waals surface area contributed by atoms with Crippen LogP contribution >= 0.6 is 0 Å². The number of hydrogen-bond donors (Lipinski definition) is 0. The predicted molar refractivity (Wildman–Crippen MR) is 198 cm³/mol. The van der Waals surface area contributed by atoms with E-state index in [1.807, 2.05) is 0 Å². The van der Waals surface area contributed by atoms with Crippen LogP contribution in [-0.4, -0.2) is 53.0 Å². The van der Waals surface area contributed by atoms with Crippen LogP contribution in [0.25, 0.3) is 0 Å². The third-order valence-electron chi connectivity index (χ3n) is 12.7. The van der Waals surface area contributed by atoms with Crippen molar-refractivity contribution < 1.29 is 27.9 Å². The molecular weight excluding hydrogens is 621 g/mol. The molecule has 0 aromatic heterocycles. The lowest BCUT2D eigenvalue weighted by molar-refractivity contribution is -0.169. The molecule has 0 saturated carbocycles. The molecule has 0 bridgehead atoms. The smallest absolute Gasteiger partial charge is 0.312 e. The van der Waals surface area contributed by atoms with Crippen molar-refractivity contribution in [3.63, 3.8) is 0 Å². The van der Waals surface area contributed by atoms with Gasteiger partial charge in [0.2, 0.25) is 0 Å². The van der Waals surface area contributed by atoms with Gasteiger partial charge in [-0.05, 0) is 85.8 Å². The van der Waals surface area contributed by atoms with Crippen molar-refractivity contribution in [3.8, 4) is 0 Å². The summed E-state index contributed by atoms with van der Waals surface area (Å²) in [4.78, 5) is 26.9. The highest BCUT2D eigenvalue weighted by molar-refractivity contribution is 6.74. The number of carbonyl (C=O) groups is 2. The molecule has 3 aliphatic rings. The number of carbonyl (C=O) groups excluding carboxylic acids is 2. The summed E-state index contributed by atoms with van der Waals surface area (Å²) in [6.45, 7) is 31.3. The minimum absolute atomic E-state index is 0.0468. The Labute approximate surface area is 290 Å². The second-order valence-electron chi connectivity index (χ2n) is 18.0. The van der Waals surface area contributed by atoms with Crippen LogP contribution in [0.3, 0.4) is 0 Å². The van der Waals surface area contributed by atoms with E-state index in [9.17, 15) is 9.59 Å². The molecule has 1 heterocycles. The molecule has 0 amide bonds. The van der Waals surface area contributed by atoms with Crippen LogP contribution in [0.2, 0.25) is 36.3 Å². The van der Waals surface area contributed by atoms with Gasteiger partial charge >= 0.3 is 11.9 Å². The van der Waals surface area contributed by atoms with E-state index in [1.165, 1.54) is 5.57 Å². The molecule has 270 valence electrons. The first-order chi connectivity index (χ1) is 21.6. The maximum atomic E-state index is 14.1. The Bertz CT molecular complexity index is 1140. The van der Waals surface area contributed by atoms with Crippen LogP contribution < -0.4 is 0 Å². The van der Waals surface area contributed by atoms with Gasteiger partial charge in [-0.25, -0.2) is 0 Å². The van der Waals surface area contributed by atoms with E-state index in [1.54, 1.807) is 0 Å². The molecule has 1 saturated heterocycles. The number of cyclic esters (lactones) is 1. The van der Waals surface area contributed by atoms with E-state index < -0.39 is 22.0 Å². The van der Waals surface area contributed by atoms with Crippen LogP contribution in [0.15, 0.2) is 23.8 Å². The fourth-order valence-corrected chi connectivity index (χ4v) is 10.1. The normalized spacial score (nSPS) is 29.2. The fourth-order valence-electron chi connectivity index (χ4n) is 7.43. The molecule has 0 N–H and O–H groups in total. The van der Waals surface area contributed by atoms with E-state index in [0.717, 1.165) is 44.9 Å². The van der Waals surface area contributed by atoms with Gasteiger partial charge < -0.3 is 18.3 Å². The third kappa shape index (κ3) is 9.52. The van der Waals surface area contributed by atoms with Crippen LogP contribution in [0.4, 0.5) is 0 Å². The molecule has 8 heteroatoms. The first-order valence-electron chi connectivity index (χ1n) is 18.8. The minimum atomic E-state index is -2.06. The molecule has 1 fully saturated rings. The Morgan fingerprint density at radius 2 is 1.51 bits per heavy atom. The highest BCUT2D eigenvalue weighted by Gasteiger charge is 2.48. The molecule has 7 atom stereocenters. The zero-order valence-electron chi connectivity index (χ0n) is 32.6. The van der Waals surface area contributed by atoms with Gasteiger partial charge in [0.1, 0.15) is 12.2 Å². The second kappa shape index (κ2) is 15.3. The molecule has 0 radical (unpaired) electrons. The van der Waals surface area contributed by atoms with E-state index in [4.69, 9.17) is 18.3 Å². The first-order valence-corrected chi connectivity index (χ1v) is 24.6. The van der Waals surface area contributed by atoms with E-state index >= 15 is 0 Å². The number of esters is 2. The van der Waals surface area contributed by atoms with E-state index in [2.05, 4.69) is 114 Å². The predicted octanol–water partition coefficient (Wildman–Crippen LogP) is 10.5. The molecule has 1 aliphatic heterocycles. The quantitative estimate of drug-likeness (QED) is 0.141. The zero-order chi connectivity index (χ0) is 35.6. The molecule has 47 heavy (non-hydrogen) atoms. The van der Waals surface area contributed by atoms with Gasteiger partial charge in [-0.1, -0.05) is 93.9 Å². The Hall–Kier alpha value is -1.23. The van der Waals surface area contributed by atoms with Crippen molar-refractivity contribution in [2.45, 2.75) is 188 Å². The monoisotopic (exact) mass is 690 g/mol. The average Bonchev–Trinajstić information content (AvgIpc) is 2.93. The van der Waals surface area contributed by atoms with E-state index in [0.29, 0.717) is 18.8 Å². The maximum absolute atomic E-state index is 14.1. The SMILES string of the molecule is CCCC(CC)(CC)C(=O)O[C@H]1C[C@H](O[Si](C)(C)C(C)(C)C)C=C2C=C[C@H](C)[C@H](CC[C@@H]3C[C@@H](O[Si](C)(C)C(C)(C)C)CC(=O)O3)[C@H]21. The second-order valence-corrected chi connectivity index (χ2v) is 27.5. The highest BCUT2D eigenvalue weighted by Crippen LogP contribution is 2.48. The Morgan fingerprint density at radius 3 is 2.06 bits per heavy atom. The van der Waals surface area contributed by atoms with Gasteiger partial charge in [-0.2, -0.15) is 0 Å². The van der Waals surface area contributed by atoms with Crippen molar-refractivity contribution in [3.05, 3.63) is 23.8 Å². The minimum Gasteiger partial charge on any atom is -0.462 e. The molecule has 0 unspecified atom stereocenters. The number of fused-ring (bicyclic) bond motifs is 1. The van der Waals surface area contributed by atoms with Gasteiger partial charge in [-0.3, -0.25) is 9.59 Å². The molecule has 0 spiro atoms. The van der Waals surface area contributed by atoms with Crippen molar-refractivity contribution in [2.75, 3.05) is 0 Å². The van der Waals surface area contributed by atoms with Crippen molar-refractivity contribution in [1.29, 1.82) is 0 Å². The third-order valence-corrected chi connectivity index (χ3v) is 21.7. The maximum Gasteiger partial charge on any atom is 0.312 e. The lowest BCUT2D eigenvalue weighted by Crippen LogP contribution is -2.49. The van der Waals surface area contributed by atoms with Gasteiger partial charge in [0.15, 0.2) is 16.6 Å². The van der Waals surface area contributed by atoms with Gasteiger partial charge in [0.25, 0.3) is 0 Å². The number of rotatable bonds is 13.